The van der Waals surface area contributed by atoms with Gasteiger partial charge in [0.1, 0.15) is 22.9 Å². The molecule has 0 spiro atoms. The number of fused-ring (bicyclic) bond motifs is 1. The standard InChI is InChI=1S/C19H18O6/c1-19(2,3)25-17(20)11-23-13-6-7-14-15(9-13)24-16(18(14)21)10-12-5-4-8-22-12/h4-10H,11H2,1-3H3/b16-10+. The smallest absolute Gasteiger partial charge is 0.344 e. The van der Waals surface area contributed by atoms with E-state index in [2.05, 4.69) is 0 Å². The van der Waals surface area contributed by atoms with Crippen molar-refractivity contribution in [2.24, 2.45) is 0 Å². The lowest BCUT2D eigenvalue weighted by molar-refractivity contribution is -0.157. The molecule has 0 bridgehead atoms. The molecule has 6 heteroatoms. The molecule has 1 aromatic carbocycles. The predicted octanol–water partition coefficient (Wildman–Crippen LogP) is 3.62. The summed E-state index contributed by atoms with van der Waals surface area (Å²) in [4.78, 5) is 24.0. The predicted molar refractivity (Wildman–Crippen MR) is 89.4 cm³/mol. The summed E-state index contributed by atoms with van der Waals surface area (Å²) in [5.74, 6) is 0.793. The van der Waals surface area contributed by atoms with Crippen molar-refractivity contribution in [3.8, 4) is 11.5 Å². The summed E-state index contributed by atoms with van der Waals surface area (Å²) in [5.41, 5.74) is -0.137. The summed E-state index contributed by atoms with van der Waals surface area (Å²) in [6.45, 7) is 5.13. The largest absolute Gasteiger partial charge is 0.482 e. The Bertz CT molecular complexity index is 824. The Kier molecular flexibility index (Phi) is 4.35. The molecule has 1 aliphatic rings. The Morgan fingerprint density at radius 3 is 2.72 bits per heavy atom. The van der Waals surface area contributed by atoms with Crippen LogP contribution in [0, 0.1) is 0 Å². The summed E-state index contributed by atoms with van der Waals surface area (Å²) in [6.07, 6.45) is 3.05. The molecular weight excluding hydrogens is 324 g/mol. The lowest BCUT2D eigenvalue weighted by atomic mass is 10.1. The first-order chi connectivity index (χ1) is 11.8. The van der Waals surface area contributed by atoms with E-state index in [-0.39, 0.29) is 18.1 Å². The Balaban J connectivity index is 1.69. The minimum atomic E-state index is -0.570. The van der Waals surface area contributed by atoms with E-state index in [1.54, 1.807) is 51.1 Å². The van der Waals surface area contributed by atoms with Gasteiger partial charge in [-0.05, 0) is 45.0 Å². The molecule has 0 radical (unpaired) electrons. The third kappa shape index (κ3) is 4.09. The number of allylic oxidation sites excluding steroid dienone is 1. The van der Waals surface area contributed by atoms with Gasteiger partial charge in [0, 0.05) is 12.1 Å². The quantitative estimate of drug-likeness (QED) is 0.624. The van der Waals surface area contributed by atoms with Crippen LogP contribution in [0.4, 0.5) is 0 Å². The zero-order valence-corrected chi connectivity index (χ0v) is 14.2. The minimum Gasteiger partial charge on any atom is -0.482 e. The zero-order chi connectivity index (χ0) is 18.0. The molecule has 3 rings (SSSR count). The molecule has 0 unspecified atom stereocenters. The molecule has 6 nitrogen and oxygen atoms in total. The SMILES string of the molecule is CC(C)(C)OC(=O)COc1ccc2c(c1)O/C(=C/c1ccco1)C2=O. The van der Waals surface area contributed by atoms with Gasteiger partial charge in [0.25, 0.3) is 0 Å². The molecule has 25 heavy (non-hydrogen) atoms. The molecular formula is C19H18O6. The van der Waals surface area contributed by atoms with Crippen molar-refractivity contribution in [3.63, 3.8) is 0 Å². The van der Waals surface area contributed by atoms with E-state index < -0.39 is 11.6 Å². The highest BCUT2D eigenvalue weighted by atomic mass is 16.6. The molecule has 0 N–H and O–H groups in total. The minimum absolute atomic E-state index is 0.175. The average Bonchev–Trinajstić information content (AvgIpc) is 3.13. The summed E-state index contributed by atoms with van der Waals surface area (Å²) in [7, 11) is 0. The summed E-state index contributed by atoms with van der Waals surface area (Å²) in [5, 5.41) is 0. The maximum Gasteiger partial charge on any atom is 0.344 e. The lowest BCUT2D eigenvalue weighted by Gasteiger charge is -2.19. The maximum atomic E-state index is 12.3. The second-order valence-electron chi connectivity index (χ2n) is 6.49. The molecule has 1 aromatic heterocycles. The van der Waals surface area contributed by atoms with Crippen molar-refractivity contribution >= 4 is 17.8 Å². The Hall–Kier alpha value is -3.02. The van der Waals surface area contributed by atoms with Crippen molar-refractivity contribution in [3.05, 3.63) is 53.7 Å². The molecule has 1 aliphatic heterocycles. The third-order valence-electron chi connectivity index (χ3n) is 3.23. The van der Waals surface area contributed by atoms with E-state index in [1.165, 1.54) is 12.3 Å². The van der Waals surface area contributed by atoms with E-state index in [0.29, 0.717) is 22.8 Å². The number of ether oxygens (including phenoxy) is 3. The second-order valence-corrected chi connectivity index (χ2v) is 6.49. The van der Waals surface area contributed by atoms with E-state index in [4.69, 9.17) is 18.6 Å². The first kappa shape index (κ1) is 16.8. The van der Waals surface area contributed by atoms with Crippen molar-refractivity contribution in [1.82, 2.24) is 0 Å². The van der Waals surface area contributed by atoms with Gasteiger partial charge in [0.05, 0.1) is 11.8 Å². The lowest BCUT2D eigenvalue weighted by Crippen LogP contribution is -2.27. The second kappa shape index (κ2) is 6.47. The number of esters is 1. The van der Waals surface area contributed by atoms with Gasteiger partial charge in [-0.3, -0.25) is 4.79 Å². The van der Waals surface area contributed by atoms with Crippen LogP contribution >= 0.6 is 0 Å². The number of hydrogen-bond acceptors (Lipinski definition) is 6. The van der Waals surface area contributed by atoms with Crippen LogP contribution in [0.1, 0.15) is 36.9 Å². The fourth-order valence-corrected chi connectivity index (χ4v) is 2.27. The van der Waals surface area contributed by atoms with Crippen LogP contribution in [0.3, 0.4) is 0 Å². The van der Waals surface area contributed by atoms with E-state index in [0.717, 1.165) is 0 Å². The van der Waals surface area contributed by atoms with Crippen LogP contribution in [-0.2, 0) is 9.53 Å². The van der Waals surface area contributed by atoms with Gasteiger partial charge < -0.3 is 18.6 Å². The molecule has 0 fully saturated rings. The van der Waals surface area contributed by atoms with Gasteiger partial charge in [0.2, 0.25) is 5.78 Å². The fourth-order valence-electron chi connectivity index (χ4n) is 2.27. The van der Waals surface area contributed by atoms with E-state index in [9.17, 15) is 9.59 Å². The number of carbonyl (C=O) groups excluding carboxylic acids is 2. The Morgan fingerprint density at radius 2 is 2.04 bits per heavy atom. The van der Waals surface area contributed by atoms with Crippen LogP contribution < -0.4 is 9.47 Å². The molecule has 0 atom stereocenters. The number of benzene rings is 1. The highest BCUT2D eigenvalue weighted by molar-refractivity contribution is 6.14. The first-order valence-electron chi connectivity index (χ1n) is 7.78. The topological polar surface area (TPSA) is 75.0 Å². The number of hydrogen-bond donors (Lipinski definition) is 0. The molecule has 0 amide bonds. The normalized spacial score (nSPS) is 15.0. The molecule has 0 saturated carbocycles. The zero-order valence-electron chi connectivity index (χ0n) is 14.2. The van der Waals surface area contributed by atoms with Gasteiger partial charge in [0.15, 0.2) is 12.4 Å². The molecule has 0 saturated heterocycles. The Morgan fingerprint density at radius 1 is 1.24 bits per heavy atom. The highest BCUT2D eigenvalue weighted by Crippen LogP contribution is 2.34. The van der Waals surface area contributed by atoms with Crippen LogP contribution in [0.2, 0.25) is 0 Å². The number of rotatable bonds is 4. The van der Waals surface area contributed by atoms with Crippen LogP contribution in [0.25, 0.3) is 6.08 Å². The van der Waals surface area contributed by atoms with Crippen molar-refractivity contribution < 1.29 is 28.2 Å². The summed E-state index contributed by atoms with van der Waals surface area (Å²) >= 11 is 0. The monoisotopic (exact) mass is 342 g/mol. The number of carbonyl (C=O) groups is 2. The van der Waals surface area contributed by atoms with Crippen LogP contribution in [-0.4, -0.2) is 24.0 Å². The van der Waals surface area contributed by atoms with Crippen molar-refractivity contribution in [2.75, 3.05) is 6.61 Å². The Labute approximate surface area is 145 Å². The number of ketones is 1. The van der Waals surface area contributed by atoms with Crippen LogP contribution in [0.15, 0.2) is 46.8 Å². The first-order valence-corrected chi connectivity index (χ1v) is 7.78. The van der Waals surface area contributed by atoms with Gasteiger partial charge in [-0.2, -0.15) is 0 Å². The fraction of sp³-hybridized carbons (Fsp3) is 0.263. The van der Waals surface area contributed by atoms with Gasteiger partial charge in [-0.15, -0.1) is 0 Å². The molecule has 0 aliphatic carbocycles. The molecule has 2 heterocycles. The highest BCUT2D eigenvalue weighted by Gasteiger charge is 2.28. The van der Waals surface area contributed by atoms with Gasteiger partial charge in [-0.1, -0.05) is 0 Å². The summed E-state index contributed by atoms with van der Waals surface area (Å²) in [6, 6.07) is 8.23. The van der Waals surface area contributed by atoms with Crippen molar-refractivity contribution in [2.45, 2.75) is 26.4 Å². The number of furan rings is 1. The van der Waals surface area contributed by atoms with Crippen molar-refractivity contribution in [1.29, 1.82) is 0 Å². The van der Waals surface area contributed by atoms with Crippen LogP contribution in [0.5, 0.6) is 11.5 Å². The summed E-state index contributed by atoms with van der Waals surface area (Å²) < 4.78 is 21.3. The molecule has 2 aromatic rings. The average molecular weight is 342 g/mol. The molecule has 130 valence electrons. The van der Waals surface area contributed by atoms with E-state index in [1.807, 2.05) is 0 Å². The third-order valence-corrected chi connectivity index (χ3v) is 3.23. The maximum absolute atomic E-state index is 12.3. The van der Waals surface area contributed by atoms with Gasteiger partial charge >= 0.3 is 5.97 Å². The van der Waals surface area contributed by atoms with E-state index >= 15 is 0 Å². The number of Topliss-reactive ketones (excluding diaryl/α,β-unsaturated/α-hetero) is 1. The van der Waals surface area contributed by atoms with Gasteiger partial charge in [-0.25, -0.2) is 4.79 Å².